The van der Waals surface area contributed by atoms with Crippen molar-refractivity contribution in [2.45, 2.75) is 26.9 Å². The lowest BCUT2D eigenvalue weighted by atomic mass is 10.2. The highest BCUT2D eigenvalue weighted by Gasteiger charge is 1.95. The third-order valence-electron chi connectivity index (χ3n) is 2.27. The van der Waals surface area contributed by atoms with Crippen molar-refractivity contribution in [2.75, 3.05) is 26.3 Å². The van der Waals surface area contributed by atoms with E-state index in [1.54, 1.807) is 0 Å². The molecule has 0 fully saturated rings. The third kappa shape index (κ3) is 6.97. The Morgan fingerprint density at radius 2 is 1.94 bits per heavy atom. The number of nitrogens with one attached hydrogen (secondary N) is 1. The van der Waals surface area contributed by atoms with Crippen LogP contribution in [0.3, 0.4) is 0 Å². The number of benzene rings is 1. The van der Waals surface area contributed by atoms with Gasteiger partial charge in [-0.3, -0.25) is 0 Å². The predicted molar refractivity (Wildman–Crippen MR) is 70.6 cm³/mol. The van der Waals surface area contributed by atoms with Crippen molar-refractivity contribution in [1.82, 2.24) is 5.32 Å². The van der Waals surface area contributed by atoms with Gasteiger partial charge in [0.1, 0.15) is 12.4 Å². The van der Waals surface area contributed by atoms with Crippen LogP contribution in [0.5, 0.6) is 5.75 Å². The van der Waals surface area contributed by atoms with E-state index in [4.69, 9.17) is 9.47 Å². The molecular weight excluding hydrogens is 214 g/mol. The Kier molecular flexibility index (Phi) is 6.67. The van der Waals surface area contributed by atoms with Crippen LogP contribution in [0.1, 0.15) is 19.4 Å². The van der Waals surface area contributed by atoms with E-state index in [0.29, 0.717) is 12.7 Å². The Labute approximate surface area is 104 Å². The molecule has 96 valence electrons. The van der Waals surface area contributed by atoms with Crippen LogP contribution < -0.4 is 10.1 Å². The molecule has 0 aliphatic carbocycles. The Hall–Kier alpha value is -1.06. The van der Waals surface area contributed by atoms with Crippen LogP contribution in [-0.4, -0.2) is 32.4 Å². The van der Waals surface area contributed by atoms with Crippen molar-refractivity contribution < 1.29 is 9.47 Å². The maximum atomic E-state index is 5.61. The second-order valence-electron chi connectivity index (χ2n) is 4.33. The smallest absolute Gasteiger partial charge is 0.119 e. The van der Waals surface area contributed by atoms with Gasteiger partial charge in [-0.15, -0.1) is 0 Å². The first-order valence-corrected chi connectivity index (χ1v) is 6.20. The van der Waals surface area contributed by atoms with Crippen molar-refractivity contribution in [3.05, 3.63) is 29.8 Å². The lowest BCUT2D eigenvalue weighted by Crippen LogP contribution is -2.25. The molecule has 0 aliphatic heterocycles. The Morgan fingerprint density at radius 1 is 1.18 bits per heavy atom. The highest BCUT2D eigenvalue weighted by atomic mass is 16.5. The van der Waals surface area contributed by atoms with Gasteiger partial charge in [0.05, 0.1) is 12.7 Å². The molecule has 3 heteroatoms. The van der Waals surface area contributed by atoms with Gasteiger partial charge in [-0.1, -0.05) is 12.1 Å². The van der Waals surface area contributed by atoms with E-state index in [-0.39, 0.29) is 0 Å². The summed E-state index contributed by atoms with van der Waals surface area (Å²) < 4.78 is 11.0. The molecule has 17 heavy (non-hydrogen) atoms. The second-order valence-corrected chi connectivity index (χ2v) is 4.33. The molecule has 0 saturated heterocycles. The first-order chi connectivity index (χ1) is 8.18. The van der Waals surface area contributed by atoms with Crippen LogP contribution in [0.15, 0.2) is 24.3 Å². The maximum absolute atomic E-state index is 5.61. The quantitative estimate of drug-likeness (QED) is 0.704. The molecule has 0 aromatic heterocycles. The summed E-state index contributed by atoms with van der Waals surface area (Å²) in [5.74, 6) is 0.935. The number of hydrogen-bond acceptors (Lipinski definition) is 3. The summed E-state index contributed by atoms with van der Waals surface area (Å²) in [6, 6.07) is 8.10. The molecule has 0 atom stereocenters. The van der Waals surface area contributed by atoms with Crippen LogP contribution in [0.4, 0.5) is 0 Å². The van der Waals surface area contributed by atoms with Crippen molar-refractivity contribution in [3.8, 4) is 5.75 Å². The topological polar surface area (TPSA) is 30.5 Å². The highest BCUT2D eigenvalue weighted by Crippen LogP contribution is 2.11. The minimum Gasteiger partial charge on any atom is -0.492 e. The van der Waals surface area contributed by atoms with E-state index in [1.165, 1.54) is 5.56 Å². The highest BCUT2D eigenvalue weighted by molar-refractivity contribution is 5.27. The number of rotatable bonds is 8. The standard InChI is InChI=1S/C14H23NO2/c1-12(2)16-9-7-15-8-10-17-14-6-4-5-13(3)11-14/h4-6,11-12,15H,7-10H2,1-3H3. The Morgan fingerprint density at radius 3 is 2.65 bits per heavy atom. The van der Waals surface area contributed by atoms with Gasteiger partial charge < -0.3 is 14.8 Å². The lowest BCUT2D eigenvalue weighted by molar-refractivity contribution is 0.0804. The van der Waals surface area contributed by atoms with E-state index in [1.807, 2.05) is 32.0 Å². The predicted octanol–water partition coefficient (Wildman–Crippen LogP) is 2.39. The van der Waals surface area contributed by atoms with Crippen LogP contribution in [0.25, 0.3) is 0 Å². The maximum Gasteiger partial charge on any atom is 0.119 e. The zero-order chi connectivity index (χ0) is 12.5. The summed E-state index contributed by atoms with van der Waals surface area (Å²) in [6.07, 6.45) is 0.306. The van der Waals surface area contributed by atoms with Gasteiger partial charge in [-0.2, -0.15) is 0 Å². The number of aryl methyl sites for hydroxylation is 1. The van der Waals surface area contributed by atoms with Gasteiger partial charge >= 0.3 is 0 Å². The van der Waals surface area contributed by atoms with Crippen LogP contribution >= 0.6 is 0 Å². The molecular formula is C14H23NO2. The second kappa shape index (κ2) is 8.09. The summed E-state index contributed by atoms with van der Waals surface area (Å²) in [5, 5.41) is 3.28. The van der Waals surface area contributed by atoms with E-state index < -0.39 is 0 Å². The number of ether oxygens (including phenoxy) is 2. The van der Waals surface area contributed by atoms with Crippen LogP contribution in [0, 0.1) is 6.92 Å². The van der Waals surface area contributed by atoms with Crippen molar-refractivity contribution >= 4 is 0 Å². The van der Waals surface area contributed by atoms with Gasteiger partial charge in [-0.05, 0) is 38.5 Å². The van der Waals surface area contributed by atoms with Crippen LogP contribution in [0.2, 0.25) is 0 Å². The molecule has 0 aliphatic rings. The summed E-state index contributed by atoms with van der Waals surface area (Å²) in [7, 11) is 0. The minimum absolute atomic E-state index is 0.306. The first-order valence-electron chi connectivity index (χ1n) is 6.20. The zero-order valence-corrected chi connectivity index (χ0v) is 11.0. The Bertz CT molecular complexity index is 313. The fourth-order valence-corrected chi connectivity index (χ4v) is 1.44. The van der Waals surface area contributed by atoms with Gasteiger partial charge in [0.25, 0.3) is 0 Å². The monoisotopic (exact) mass is 237 g/mol. The summed E-state index contributed by atoms with van der Waals surface area (Å²) in [5.41, 5.74) is 1.22. The van der Waals surface area contributed by atoms with E-state index >= 15 is 0 Å². The molecule has 1 aromatic rings. The molecule has 0 amide bonds. The van der Waals surface area contributed by atoms with Crippen molar-refractivity contribution in [1.29, 1.82) is 0 Å². The molecule has 1 N–H and O–H groups in total. The van der Waals surface area contributed by atoms with Crippen molar-refractivity contribution in [2.24, 2.45) is 0 Å². The molecule has 0 spiro atoms. The Balaban J connectivity index is 2.01. The van der Waals surface area contributed by atoms with Gasteiger partial charge in [-0.25, -0.2) is 0 Å². The van der Waals surface area contributed by atoms with Gasteiger partial charge in [0, 0.05) is 13.1 Å². The summed E-state index contributed by atoms with van der Waals surface area (Å²) in [6.45, 7) is 9.30. The molecule has 1 rings (SSSR count). The van der Waals surface area contributed by atoms with E-state index in [2.05, 4.69) is 18.3 Å². The molecule has 0 heterocycles. The average molecular weight is 237 g/mol. The normalized spacial score (nSPS) is 10.8. The molecule has 0 unspecified atom stereocenters. The van der Waals surface area contributed by atoms with E-state index in [0.717, 1.165) is 25.4 Å². The minimum atomic E-state index is 0.306. The fraction of sp³-hybridized carbons (Fsp3) is 0.571. The SMILES string of the molecule is Cc1cccc(OCCNCCOC(C)C)c1. The molecule has 0 radical (unpaired) electrons. The zero-order valence-electron chi connectivity index (χ0n) is 11.0. The van der Waals surface area contributed by atoms with Crippen molar-refractivity contribution in [3.63, 3.8) is 0 Å². The third-order valence-corrected chi connectivity index (χ3v) is 2.27. The van der Waals surface area contributed by atoms with Crippen LogP contribution in [-0.2, 0) is 4.74 Å². The van der Waals surface area contributed by atoms with E-state index in [9.17, 15) is 0 Å². The molecule has 1 aromatic carbocycles. The first kappa shape index (κ1) is 14.0. The summed E-state index contributed by atoms with van der Waals surface area (Å²) >= 11 is 0. The van der Waals surface area contributed by atoms with Gasteiger partial charge in [0.2, 0.25) is 0 Å². The molecule has 0 bridgehead atoms. The fourth-order valence-electron chi connectivity index (χ4n) is 1.44. The average Bonchev–Trinajstić information content (AvgIpc) is 2.27. The van der Waals surface area contributed by atoms with Gasteiger partial charge in [0.15, 0.2) is 0 Å². The lowest BCUT2D eigenvalue weighted by Gasteiger charge is -2.09. The summed E-state index contributed by atoms with van der Waals surface area (Å²) in [4.78, 5) is 0. The molecule has 0 saturated carbocycles. The number of hydrogen-bond donors (Lipinski definition) is 1. The largest absolute Gasteiger partial charge is 0.492 e. The molecule has 3 nitrogen and oxygen atoms in total.